The van der Waals surface area contributed by atoms with Gasteiger partial charge in [0.25, 0.3) is 0 Å². The van der Waals surface area contributed by atoms with Crippen molar-refractivity contribution in [3.8, 4) is 0 Å². The number of nitrogens with zero attached hydrogens (tertiary/aromatic N) is 1. The molecule has 0 spiro atoms. The van der Waals surface area contributed by atoms with Gasteiger partial charge in [-0.2, -0.15) is 0 Å². The van der Waals surface area contributed by atoms with Crippen LogP contribution in [0.5, 0.6) is 0 Å². The van der Waals surface area contributed by atoms with E-state index >= 15 is 0 Å². The number of nitrogens with two attached hydrogens (primary N) is 1. The van der Waals surface area contributed by atoms with Gasteiger partial charge in [0.2, 0.25) is 0 Å². The third-order valence-corrected chi connectivity index (χ3v) is 3.15. The first-order valence-corrected chi connectivity index (χ1v) is 6.03. The lowest BCUT2D eigenvalue weighted by molar-refractivity contribution is 1.26. The molecule has 16 heavy (non-hydrogen) atoms. The molecule has 0 saturated heterocycles. The highest BCUT2D eigenvalue weighted by atomic mass is 32.1. The van der Waals surface area contributed by atoms with E-state index in [2.05, 4.69) is 10.3 Å². The first-order chi connectivity index (χ1) is 7.66. The number of aryl methyl sites for hydroxylation is 1. The van der Waals surface area contributed by atoms with E-state index in [-0.39, 0.29) is 0 Å². The Morgan fingerprint density at radius 1 is 1.44 bits per heavy atom. The van der Waals surface area contributed by atoms with E-state index in [9.17, 15) is 0 Å². The summed E-state index contributed by atoms with van der Waals surface area (Å²) in [5, 5.41) is 6.05. The lowest BCUT2D eigenvalue weighted by Gasteiger charge is -2.08. The van der Waals surface area contributed by atoms with Gasteiger partial charge in [0.05, 0.1) is 11.4 Å². The Balaban J connectivity index is 2.31. The number of aromatic nitrogens is 1. The van der Waals surface area contributed by atoms with Gasteiger partial charge in [-0.1, -0.05) is 24.4 Å². The summed E-state index contributed by atoms with van der Waals surface area (Å²) in [7, 11) is 0. The van der Waals surface area contributed by atoms with Gasteiger partial charge in [0, 0.05) is 10.9 Å². The van der Waals surface area contributed by atoms with Crippen LogP contribution < -0.4 is 11.1 Å². The zero-order valence-corrected chi connectivity index (χ0v) is 10.4. The van der Waals surface area contributed by atoms with Gasteiger partial charge < -0.3 is 11.1 Å². The predicted octanol–water partition coefficient (Wildman–Crippen LogP) is 2.83. The Morgan fingerprint density at radius 2 is 2.19 bits per heavy atom. The predicted molar refractivity (Wildman–Crippen MR) is 72.5 cm³/mol. The van der Waals surface area contributed by atoms with Crippen LogP contribution in [0.4, 0.5) is 10.8 Å². The largest absolute Gasteiger partial charge is 0.389 e. The molecule has 0 aliphatic carbocycles. The molecule has 0 saturated carbocycles. The summed E-state index contributed by atoms with van der Waals surface area (Å²) < 4.78 is 0. The average Bonchev–Trinajstić information content (AvgIpc) is 2.64. The maximum absolute atomic E-state index is 5.65. The molecule has 2 rings (SSSR count). The molecular weight excluding hydrogens is 238 g/mol. The summed E-state index contributed by atoms with van der Waals surface area (Å²) in [6.45, 7) is 1.96. The van der Waals surface area contributed by atoms with Crippen LogP contribution in [0.2, 0.25) is 0 Å². The molecule has 5 heteroatoms. The molecule has 2 aromatic rings. The van der Waals surface area contributed by atoms with Crippen molar-refractivity contribution in [1.29, 1.82) is 0 Å². The standard InChI is InChI=1S/C11H11N3S2/c1-7-6-16-11(13-7)14-9-5-3-2-4-8(9)10(12)15/h2-6H,1H3,(H2,12,15)(H,13,14). The van der Waals surface area contributed by atoms with Crippen LogP contribution in [-0.4, -0.2) is 9.97 Å². The quantitative estimate of drug-likeness (QED) is 0.821. The monoisotopic (exact) mass is 249 g/mol. The lowest BCUT2D eigenvalue weighted by Crippen LogP contribution is -2.11. The molecule has 1 aromatic carbocycles. The summed E-state index contributed by atoms with van der Waals surface area (Å²) in [6, 6.07) is 7.67. The van der Waals surface area contributed by atoms with Crippen LogP contribution in [0.15, 0.2) is 29.6 Å². The molecule has 0 fully saturated rings. The second-order valence-electron chi connectivity index (χ2n) is 3.33. The van der Waals surface area contributed by atoms with Crippen LogP contribution >= 0.6 is 23.6 Å². The number of benzene rings is 1. The van der Waals surface area contributed by atoms with Crippen molar-refractivity contribution < 1.29 is 0 Å². The maximum Gasteiger partial charge on any atom is 0.187 e. The number of rotatable bonds is 3. The Morgan fingerprint density at radius 3 is 2.81 bits per heavy atom. The number of hydrogen-bond acceptors (Lipinski definition) is 4. The van der Waals surface area contributed by atoms with Gasteiger partial charge in [-0.15, -0.1) is 11.3 Å². The van der Waals surface area contributed by atoms with Crippen LogP contribution in [0.3, 0.4) is 0 Å². The van der Waals surface area contributed by atoms with E-state index in [0.717, 1.165) is 22.1 Å². The van der Waals surface area contributed by atoms with Crippen LogP contribution in [-0.2, 0) is 0 Å². The van der Waals surface area contributed by atoms with E-state index in [1.54, 1.807) is 11.3 Å². The fourth-order valence-corrected chi connectivity index (χ4v) is 2.21. The SMILES string of the molecule is Cc1csc(Nc2ccccc2C(N)=S)n1. The van der Waals surface area contributed by atoms with Gasteiger partial charge >= 0.3 is 0 Å². The minimum absolute atomic E-state index is 0.386. The highest BCUT2D eigenvalue weighted by Gasteiger charge is 2.05. The topological polar surface area (TPSA) is 50.9 Å². The van der Waals surface area contributed by atoms with Gasteiger partial charge in [-0.3, -0.25) is 0 Å². The van der Waals surface area contributed by atoms with Gasteiger partial charge in [-0.25, -0.2) is 4.98 Å². The third-order valence-electron chi connectivity index (χ3n) is 2.05. The number of nitrogens with one attached hydrogen (secondary N) is 1. The molecule has 1 heterocycles. The fourth-order valence-electron chi connectivity index (χ4n) is 1.33. The smallest absolute Gasteiger partial charge is 0.187 e. The Kier molecular flexibility index (Phi) is 3.17. The van der Waals surface area contributed by atoms with Crippen molar-refractivity contribution in [3.63, 3.8) is 0 Å². The summed E-state index contributed by atoms with van der Waals surface area (Å²) in [5.74, 6) is 0. The Hall–Kier alpha value is -1.46. The molecule has 3 nitrogen and oxygen atoms in total. The van der Waals surface area contributed by atoms with Gasteiger partial charge in [0.15, 0.2) is 5.13 Å². The molecule has 0 radical (unpaired) electrons. The molecule has 0 unspecified atom stereocenters. The van der Waals surface area contributed by atoms with Crippen molar-refractivity contribution in [2.24, 2.45) is 5.73 Å². The number of thiazole rings is 1. The van der Waals surface area contributed by atoms with E-state index in [1.165, 1.54) is 0 Å². The first kappa shape index (κ1) is 11.0. The number of thiocarbonyl (C=S) groups is 1. The lowest BCUT2D eigenvalue weighted by atomic mass is 10.2. The Bertz CT molecular complexity index is 519. The van der Waals surface area contributed by atoms with Gasteiger partial charge in [-0.05, 0) is 19.1 Å². The van der Waals surface area contributed by atoms with Crippen molar-refractivity contribution >= 4 is 39.4 Å². The minimum Gasteiger partial charge on any atom is -0.389 e. The van der Waals surface area contributed by atoms with E-state index in [4.69, 9.17) is 18.0 Å². The first-order valence-electron chi connectivity index (χ1n) is 4.75. The van der Waals surface area contributed by atoms with Crippen LogP contribution in [0.25, 0.3) is 0 Å². The normalized spacial score (nSPS) is 10.1. The molecule has 1 aromatic heterocycles. The van der Waals surface area contributed by atoms with Gasteiger partial charge in [0.1, 0.15) is 4.99 Å². The highest BCUT2D eigenvalue weighted by molar-refractivity contribution is 7.80. The Labute approximate surface area is 103 Å². The van der Waals surface area contributed by atoms with Crippen molar-refractivity contribution in [2.45, 2.75) is 6.92 Å². The summed E-state index contributed by atoms with van der Waals surface area (Å²) >= 11 is 6.55. The second-order valence-corrected chi connectivity index (χ2v) is 4.63. The van der Waals surface area contributed by atoms with Crippen LogP contribution in [0.1, 0.15) is 11.3 Å². The molecule has 0 bridgehead atoms. The van der Waals surface area contributed by atoms with Crippen LogP contribution in [0, 0.1) is 6.92 Å². The van der Waals surface area contributed by atoms with Crippen molar-refractivity contribution in [3.05, 3.63) is 40.9 Å². The third kappa shape index (κ3) is 2.37. The summed E-state index contributed by atoms with van der Waals surface area (Å²) in [6.07, 6.45) is 0. The highest BCUT2D eigenvalue weighted by Crippen LogP contribution is 2.23. The van der Waals surface area contributed by atoms with Crippen molar-refractivity contribution in [2.75, 3.05) is 5.32 Å². The minimum atomic E-state index is 0.386. The zero-order chi connectivity index (χ0) is 11.5. The van der Waals surface area contributed by atoms with E-state index in [0.29, 0.717) is 4.99 Å². The molecule has 0 atom stereocenters. The number of para-hydroxylation sites is 1. The van der Waals surface area contributed by atoms with Crippen molar-refractivity contribution in [1.82, 2.24) is 4.98 Å². The number of anilines is 2. The fraction of sp³-hybridized carbons (Fsp3) is 0.0909. The van der Waals surface area contributed by atoms with E-state index < -0.39 is 0 Å². The zero-order valence-electron chi connectivity index (χ0n) is 8.73. The number of hydrogen-bond donors (Lipinski definition) is 2. The van der Waals surface area contributed by atoms with E-state index in [1.807, 2.05) is 36.6 Å². The summed E-state index contributed by atoms with van der Waals surface area (Å²) in [4.78, 5) is 4.72. The molecule has 3 N–H and O–H groups in total. The average molecular weight is 249 g/mol. The summed E-state index contributed by atoms with van der Waals surface area (Å²) in [5.41, 5.74) is 8.38. The molecule has 82 valence electrons. The molecular formula is C11H11N3S2. The molecule has 0 aliphatic rings. The maximum atomic E-state index is 5.65. The second kappa shape index (κ2) is 4.59. The molecule has 0 amide bonds. The molecule has 0 aliphatic heterocycles.